The second-order valence-corrected chi connectivity index (χ2v) is 8.40. The summed E-state index contributed by atoms with van der Waals surface area (Å²) in [6, 6.07) is 2.66. The van der Waals surface area contributed by atoms with Gasteiger partial charge in [0.2, 0.25) is 0 Å². The molecule has 1 nitrogen and oxygen atoms in total. The van der Waals surface area contributed by atoms with Gasteiger partial charge in [-0.3, -0.25) is 0 Å². The van der Waals surface area contributed by atoms with Crippen molar-refractivity contribution in [1.29, 1.82) is 0 Å². The third kappa shape index (κ3) is 4.87. The van der Waals surface area contributed by atoms with E-state index in [0.29, 0.717) is 6.04 Å². The van der Waals surface area contributed by atoms with Crippen molar-refractivity contribution in [2.45, 2.75) is 52.0 Å². The van der Waals surface area contributed by atoms with Crippen molar-refractivity contribution in [1.82, 2.24) is 5.32 Å². The SMILES string of the molecule is CC(C)NCC(=Cc1cc(Br)c(Cl)s1)C1CCCCC1. The molecule has 1 aliphatic carbocycles. The van der Waals surface area contributed by atoms with E-state index < -0.39 is 0 Å². The van der Waals surface area contributed by atoms with E-state index in [1.54, 1.807) is 16.9 Å². The highest BCUT2D eigenvalue weighted by Crippen LogP contribution is 2.36. The minimum absolute atomic E-state index is 0.528. The summed E-state index contributed by atoms with van der Waals surface area (Å²) in [5.74, 6) is 0.745. The molecule has 0 aromatic carbocycles. The lowest BCUT2D eigenvalue weighted by atomic mass is 9.83. The molecule has 0 aliphatic heterocycles. The summed E-state index contributed by atoms with van der Waals surface area (Å²) in [4.78, 5) is 1.26. The van der Waals surface area contributed by atoms with E-state index in [2.05, 4.69) is 47.2 Å². The van der Waals surface area contributed by atoms with Crippen LogP contribution in [0, 0.1) is 5.92 Å². The Bertz CT molecular complexity index is 442. The molecule has 1 aromatic rings. The van der Waals surface area contributed by atoms with Gasteiger partial charge in [-0.05, 0) is 46.8 Å². The Labute approximate surface area is 139 Å². The fraction of sp³-hybridized carbons (Fsp3) is 0.625. The van der Waals surface area contributed by atoms with Crippen LogP contribution in [0.25, 0.3) is 6.08 Å². The molecule has 1 N–H and O–H groups in total. The summed E-state index contributed by atoms with van der Waals surface area (Å²) in [5.41, 5.74) is 1.55. The first-order valence-electron chi connectivity index (χ1n) is 7.45. The Hall–Kier alpha value is 0.170. The van der Waals surface area contributed by atoms with Gasteiger partial charge in [-0.1, -0.05) is 50.3 Å². The van der Waals surface area contributed by atoms with Crippen molar-refractivity contribution in [3.63, 3.8) is 0 Å². The molecular weight excluding hydrogens is 354 g/mol. The van der Waals surface area contributed by atoms with Crippen molar-refractivity contribution >= 4 is 44.9 Å². The lowest BCUT2D eigenvalue weighted by Gasteiger charge is -2.25. The van der Waals surface area contributed by atoms with Crippen LogP contribution in [0.2, 0.25) is 4.34 Å². The van der Waals surface area contributed by atoms with Crippen LogP contribution in [-0.2, 0) is 0 Å². The highest BCUT2D eigenvalue weighted by molar-refractivity contribution is 9.10. The molecule has 0 saturated heterocycles. The molecule has 0 radical (unpaired) electrons. The van der Waals surface area contributed by atoms with Gasteiger partial charge in [0.05, 0.1) is 0 Å². The van der Waals surface area contributed by atoms with Crippen LogP contribution in [0.15, 0.2) is 16.1 Å². The van der Waals surface area contributed by atoms with E-state index in [4.69, 9.17) is 11.6 Å². The van der Waals surface area contributed by atoms with Crippen LogP contribution < -0.4 is 5.32 Å². The Kier molecular flexibility index (Phi) is 6.60. The second kappa shape index (κ2) is 7.98. The predicted octanol–water partition coefficient (Wildman–Crippen LogP) is 6.13. The molecule has 4 heteroatoms. The van der Waals surface area contributed by atoms with Crippen molar-refractivity contribution in [3.8, 4) is 0 Å². The molecule has 2 rings (SSSR count). The number of halogens is 2. The molecule has 1 aliphatic rings. The van der Waals surface area contributed by atoms with Gasteiger partial charge in [-0.2, -0.15) is 0 Å². The average Bonchev–Trinajstić information content (AvgIpc) is 2.74. The summed E-state index contributed by atoms with van der Waals surface area (Å²) < 4.78 is 1.85. The van der Waals surface area contributed by atoms with Gasteiger partial charge in [0, 0.05) is 21.9 Å². The predicted molar refractivity (Wildman–Crippen MR) is 94.7 cm³/mol. The van der Waals surface area contributed by atoms with Gasteiger partial charge in [0.15, 0.2) is 0 Å². The van der Waals surface area contributed by atoms with Crippen molar-refractivity contribution in [3.05, 3.63) is 25.3 Å². The zero-order valence-electron chi connectivity index (χ0n) is 12.2. The highest BCUT2D eigenvalue weighted by atomic mass is 79.9. The average molecular weight is 377 g/mol. The van der Waals surface area contributed by atoms with E-state index in [1.165, 1.54) is 37.0 Å². The van der Waals surface area contributed by atoms with Crippen LogP contribution in [0.3, 0.4) is 0 Å². The van der Waals surface area contributed by atoms with Crippen LogP contribution >= 0.6 is 38.9 Å². The number of hydrogen-bond acceptors (Lipinski definition) is 2. The lowest BCUT2D eigenvalue weighted by molar-refractivity contribution is 0.394. The number of hydrogen-bond donors (Lipinski definition) is 1. The summed E-state index contributed by atoms with van der Waals surface area (Å²) in [7, 11) is 0. The van der Waals surface area contributed by atoms with E-state index in [9.17, 15) is 0 Å². The summed E-state index contributed by atoms with van der Waals surface area (Å²) in [6.07, 6.45) is 9.18. The number of rotatable bonds is 5. The third-order valence-corrected chi connectivity index (χ3v) is 6.26. The number of thiophene rings is 1. The smallest absolute Gasteiger partial charge is 0.108 e. The van der Waals surface area contributed by atoms with Crippen LogP contribution in [-0.4, -0.2) is 12.6 Å². The second-order valence-electron chi connectivity index (χ2n) is 5.86. The topological polar surface area (TPSA) is 12.0 Å². The standard InChI is InChI=1S/C16H23BrClNS/c1-11(2)19-10-13(12-6-4-3-5-7-12)8-14-9-15(17)16(18)20-14/h8-9,11-12,19H,3-7,10H2,1-2H3. The van der Waals surface area contributed by atoms with Gasteiger partial charge in [-0.25, -0.2) is 0 Å². The molecule has 0 spiro atoms. The molecular formula is C16H23BrClNS. The van der Waals surface area contributed by atoms with Crippen molar-refractivity contribution in [2.24, 2.45) is 5.92 Å². The summed E-state index contributed by atoms with van der Waals surface area (Å²) >= 11 is 11.3. The quantitative estimate of drug-likeness (QED) is 0.652. The lowest BCUT2D eigenvalue weighted by Crippen LogP contribution is -2.27. The highest BCUT2D eigenvalue weighted by Gasteiger charge is 2.18. The molecule has 112 valence electrons. The normalized spacial score (nSPS) is 17.9. The maximum atomic E-state index is 6.15. The van der Waals surface area contributed by atoms with Crippen molar-refractivity contribution < 1.29 is 0 Å². The van der Waals surface area contributed by atoms with Crippen molar-refractivity contribution in [2.75, 3.05) is 6.54 Å². The van der Waals surface area contributed by atoms with E-state index in [-0.39, 0.29) is 0 Å². The molecule has 0 bridgehead atoms. The van der Waals surface area contributed by atoms with Gasteiger partial charge < -0.3 is 5.32 Å². The Morgan fingerprint density at radius 1 is 1.45 bits per heavy atom. The Morgan fingerprint density at radius 2 is 2.15 bits per heavy atom. The molecule has 0 unspecified atom stereocenters. The fourth-order valence-electron chi connectivity index (χ4n) is 2.73. The first-order chi connectivity index (χ1) is 9.56. The van der Waals surface area contributed by atoms with Gasteiger partial charge in [0.25, 0.3) is 0 Å². The number of nitrogens with one attached hydrogen (secondary N) is 1. The van der Waals surface area contributed by atoms with Gasteiger partial charge >= 0.3 is 0 Å². The summed E-state index contributed by atoms with van der Waals surface area (Å²) in [6.45, 7) is 5.41. The fourth-order valence-corrected chi connectivity index (χ4v) is 4.44. The van der Waals surface area contributed by atoms with Crippen LogP contribution in [0.1, 0.15) is 50.8 Å². The van der Waals surface area contributed by atoms with Crippen LogP contribution in [0.4, 0.5) is 0 Å². The van der Waals surface area contributed by atoms with Crippen LogP contribution in [0.5, 0.6) is 0 Å². The maximum Gasteiger partial charge on any atom is 0.108 e. The Balaban J connectivity index is 2.15. The van der Waals surface area contributed by atoms with Gasteiger partial charge in [-0.15, -0.1) is 11.3 Å². The molecule has 20 heavy (non-hydrogen) atoms. The first-order valence-corrected chi connectivity index (χ1v) is 9.43. The Morgan fingerprint density at radius 3 is 2.70 bits per heavy atom. The van der Waals surface area contributed by atoms with Gasteiger partial charge in [0.1, 0.15) is 4.34 Å². The minimum Gasteiger partial charge on any atom is -0.311 e. The zero-order chi connectivity index (χ0) is 14.5. The third-order valence-electron chi connectivity index (χ3n) is 3.84. The van der Waals surface area contributed by atoms with E-state index in [0.717, 1.165) is 21.3 Å². The monoisotopic (exact) mass is 375 g/mol. The largest absolute Gasteiger partial charge is 0.311 e. The molecule has 0 amide bonds. The molecule has 1 aromatic heterocycles. The van der Waals surface area contributed by atoms with E-state index >= 15 is 0 Å². The zero-order valence-corrected chi connectivity index (χ0v) is 15.4. The van der Waals surface area contributed by atoms with E-state index in [1.807, 2.05) is 0 Å². The maximum absolute atomic E-state index is 6.15. The first kappa shape index (κ1) is 16.5. The molecule has 0 atom stereocenters. The molecule has 1 fully saturated rings. The molecule has 1 saturated carbocycles. The minimum atomic E-state index is 0.528. The summed E-state index contributed by atoms with van der Waals surface area (Å²) in [5, 5.41) is 3.58. The molecule has 1 heterocycles.